The van der Waals surface area contributed by atoms with Crippen molar-refractivity contribution in [2.75, 3.05) is 24.7 Å². The second-order valence-electron chi connectivity index (χ2n) is 17.3. The van der Waals surface area contributed by atoms with Crippen LogP contribution in [-0.2, 0) is 26.2 Å². The molecule has 0 spiro atoms. The smallest absolute Gasteiger partial charge is 0.355 e. The first-order valence-electron chi connectivity index (χ1n) is 21.5. The third-order valence-electron chi connectivity index (χ3n) is 13.8. The summed E-state index contributed by atoms with van der Waals surface area (Å²) in [5, 5.41) is 120. The van der Waals surface area contributed by atoms with E-state index in [1.165, 1.54) is 36.7 Å². The predicted molar refractivity (Wildman–Crippen MR) is 230 cm³/mol. The van der Waals surface area contributed by atoms with E-state index >= 15 is 4.79 Å². The highest BCUT2D eigenvalue weighted by Crippen LogP contribution is 2.68. The number of H-pyrrole nitrogens is 1. The van der Waals surface area contributed by atoms with E-state index < -0.39 is 89.1 Å². The lowest BCUT2D eigenvalue weighted by Gasteiger charge is -2.52. The highest BCUT2D eigenvalue weighted by atomic mass is 16.8. The van der Waals surface area contributed by atoms with Gasteiger partial charge in [-0.2, -0.15) is 0 Å². The van der Waals surface area contributed by atoms with Gasteiger partial charge in [0, 0.05) is 72.0 Å². The molecule has 2 aliphatic carbocycles. The van der Waals surface area contributed by atoms with Crippen LogP contribution < -0.4 is 9.64 Å². The standard InChI is InChI=1S/C47H53N3O15/c51-15-5-6-26-20-46(44(61)62)40(39(26)45(14-4-3-7-28(45)22-52)31-8-1-2-9-34(31)55)30-18-35(56)36(64-47(63)43(60)42(59)41(58)37(23-53)65-47)19-32(30)50(46)38(57)13-11-25-10-12-33(54)27(16-25)17-29-21-48-24-49-29/h1-2,8-13,16,18-21,24,28,37,39-43,51-56,58-60,63H,3-7,14-15,17,22-23H2,(H,48,49)(H,61,62). The number of rotatable bonds is 14. The number of aliphatic hydroxyl groups excluding tert-OH is 6. The predicted octanol–water partition coefficient (Wildman–Crippen LogP) is 2.03. The van der Waals surface area contributed by atoms with Crippen LogP contribution in [0.3, 0.4) is 0 Å². The number of hydrogen-bond donors (Lipinski definition) is 12. The fourth-order valence-electron chi connectivity index (χ4n) is 10.9. The number of amides is 1. The number of carbonyl (C=O) groups excluding carboxylic acids is 1. The molecule has 4 aliphatic rings. The molecule has 10 atom stereocenters. The highest BCUT2D eigenvalue weighted by Gasteiger charge is 2.69. The number of phenols is 3. The molecule has 3 aromatic carbocycles. The number of aliphatic carboxylic acids is 1. The summed E-state index contributed by atoms with van der Waals surface area (Å²) in [5.74, 6) is -9.71. The number of ether oxygens (including phenoxy) is 2. The maximum atomic E-state index is 15.1. The number of carboxylic acids is 1. The summed E-state index contributed by atoms with van der Waals surface area (Å²) in [7, 11) is 0. The molecule has 0 radical (unpaired) electrons. The summed E-state index contributed by atoms with van der Waals surface area (Å²) >= 11 is 0. The molecule has 1 amide bonds. The average Bonchev–Trinajstić information content (AvgIpc) is 4.00. The first-order chi connectivity index (χ1) is 31.1. The van der Waals surface area contributed by atoms with Crippen LogP contribution in [0.4, 0.5) is 5.69 Å². The fraction of sp³-hybridized carbons (Fsp3) is 0.426. The summed E-state index contributed by atoms with van der Waals surface area (Å²) in [4.78, 5) is 37.5. The number of hydrogen-bond acceptors (Lipinski definition) is 15. The molecule has 346 valence electrons. The first-order valence-corrected chi connectivity index (χ1v) is 21.5. The Morgan fingerprint density at radius 2 is 1.72 bits per heavy atom. The number of carboxylic acid groups (broad SMARTS) is 1. The number of imidazole rings is 1. The van der Waals surface area contributed by atoms with Gasteiger partial charge in [-0.1, -0.05) is 42.7 Å². The van der Waals surface area contributed by atoms with Crippen molar-refractivity contribution in [3.8, 4) is 23.0 Å². The number of benzene rings is 3. The van der Waals surface area contributed by atoms with Crippen LogP contribution in [0.5, 0.6) is 23.0 Å². The topological polar surface area (TPSA) is 307 Å². The average molecular weight is 900 g/mol. The van der Waals surface area contributed by atoms with E-state index in [9.17, 15) is 61.0 Å². The molecule has 10 unspecified atom stereocenters. The Labute approximate surface area is 372 Å². The van der Waals surface area contributed by atoms with Gasteiger partial charge in [0.15, 0.2) is 23.1 Å². The number of aliphatic hydroxyl groups is 7. The van der Waals surface area contributed by atoms with Crippen LogP contribution in [0.25, 0.3) is 6.08 Å². The van der Waals surface area contributed by atoms with Gasteiger partial charge in [0.2, 0.25) is 0 Å². The van der Waals surface area contributed by atoms with E-state index in [-0.39, 0.29) is 55.2 Å². The zero-order valence-electron chi connectivity index (χ0n) is 35.1. The van der Waals surface area contributed by atoms with Crippen molar-refractivity contribution in [1.29, 1.82) is 0 Å². The molecule has 1 aromatic heterocycles. The van der Waals surface area contributed by atoms with Crippen LogP contribution in [0.1, 0.15) is 72.4 Å². The van der Waals surface area contributed by atoms with Gasteiger partial charge < -0.3 is 70.6 Å². The number of aromatic nitrogens is 2. The quantitative estimate of drug-likeness (QED) is 0.0490. The summed E-state index contributed by atoms with van der Waals surface area (Å²) in [6.45, 7) is -1.54. The molecule has 0 bridgehead atoms. The van der Waals surface area contributed by atoms with E-state index in [2.05, 4.69) is 9.97 Å². The van der Waals surface area contributed by atoms with E-state index in [4.69, 9.17) is 9.47 Å². The van der Waals surface area contributed by atoms with Crippen LogP contribution in [0, 0.1) is 11.8 Å². The summed E-state index contributed by atoms with van der Waals surface area (Å²) in [5.41, 5.74) is -0.775. The van der Waals surface area contributed by atoms with Gasteiger partial charge in [-0.25, -0.2) is 9.78 Å². The number of nitrogens with zero attached hydrogens (tertiary/aromatic N) is 2. The molecule has 4 aromatic rings. The second kappa shape index (κ2) is 17.9. The first kappa shape index (κ1) is 45.7. The van der Waals surface area contributed by atoms with Crippen molar-refractivity contribution in [2.45, 2.75) is 92.2 Å². The lowest BCUT2D eigenvalue weighted by Crippen LogP contribution is -2.67. The number of fused-ring (bicyclic) bond motifs is 3. The molecule has 3 heterocycles. The number of para-hydroxylation sites is 1. The molecule has 2 aliphatic heterocycles. The number of carbonyl (C=O) groups is 2. The molecule has 1 saturated heterocycles. The van der Waals surface area contributed by atoms with Crippen molar-refractivity contribution in [1.82, 2.24) is 9.97 Å². The minimum atomic E-state index is -3.20. The third kappa shape index (κ3) is 7.62. The van der Waals surface area contributed by atoms with Gasteiger partial charge in [-0.3, -0.25) is 9.69 Å². The number of allylic oxidation sites excluding steroid dienone is 1. The fourth-order valence-corrected chi connectivity index (χ4v) is 10.9. The van der Waals surface area contributed by atoms with Crippen molar-refractivity contribution >= 4 is 23.6 Å². The molecule has 65 heavy (non-hydrogen) atoms. The van der Waals surface area contributed by atoms with Gasteiger partial charge in [-0.05, 0) is 79.1 Å². The number of anilines is 1. The third-order valence-corrected chi connectivity index (χ3v) is 13.8. The molecule has 18 nitrogen and oxygen atoms in total. The number of nitrogens with one attached hydrogen (secondary N) is 1. The Morgan fingerprint density at radius 1 is 0.938 bits per heavy atom. The maximum Gasteiger partial charge on any atom is 0.355 e. The van der Waals surface area contributed by atoms with Gasteiger partial charge in [-0.15, -0.1) is 0 Å². The SMILES string of the molecule is O=C(C=Cc1ccc(O)c(Cc2cnc[nH]2)c1)N1c2cc(OC3(O)OC(CO)C(O)C(O)C3O)c(O)cc2C2C(C3(c4ccccc4O)CCCCC3CO)C(CCCO)=CC21C(=O)O. The minimum absolute atomic E-state index is 0.0163. The summed E-state index contributed by atoms with van der Waals surface area (Å²) in [6, 6.07) is 13.5. The largest absolute Gasteiger partial charge is 0.508 e. The number of phenolic OH excluding ortho intramolecular Hbond substituents is 3. The monoisotopic (exact) mass is 899 g/mol. The van der Waals surface area contributed by atoms with Crippen molar-refractivity contribution < 1.29 is 75.2 Å². The highest BCUT2D eigenvalue weighted by molar-refractivity contribution is 6.13. The second-order valence-corrected chi connectivity index (χ2v) is 17.3. The maximum absolute atomic E-state index is 15.1. The van der Waals surface area contributed by atoms with Crippen LogP contribution in [0.15, 0.2) is 84.8 Å². The Kier molecular flexibility index (Phi) is 12.6. The Morgan fingerprint density at radius 3 is 2.42 bits per heavy atom. The molecular weight excluding hydrogens is 847 g/mol. The van der Waals surface area contributed by atoms with E-state index in [1.54, 1.807) is 36.5 Å². The normalized spacial score (nSPS) is 30.8. The zero-order chi connectivity index (χ0) is 46.4. The van der Waals surface area contributed by atoms with Crippen LogP contribution >= 0.6 is 0 Å². The Balaban J connectivity index is 1.33. The van der Waals surface area contributed by atoms with Gasteiger partial charge in [0.25, 0.3) is 5.91 Å². The Bertz CT molecular complexity index is 2480. The molecule has 8 rings (SSSR count). The van der Waals surface area contributed by atoms with Crippen LogP contribution in [-0.4, -0.2) is 134 Å². The van der Waals surface area contributed by atoms with Gasteiger partial charge in [0.05, 0.1) is 18.6 Å². The van der Waals surface area contributed by atoms with E-state index in [0.717, 1.165) is 23.5 Å². The number of aromatic hydroxyl groups is 3. The minimum Gasteiger partial charge on any atom is -0.508 e. The van der Waals surface area contributed by atoms with Gasteiger partial charge >= 0.3 is 11.9 Å². The van der Waals surface area contributed by atoms with E-state index in [0.29, 0.717) is 47.2 Å². The van der Waals surface area contributed by atoms with Crippen molar-refractivity contribution in [3.63, 3.8) is 0 Å². The number of aromatic amines is 1. The molecular formula is C47H53N3O15. The van der Waals surface area contributed by atoms with E-state index in [1.807, 2.05) is 0 Å². The lowest BCUT2D eigenvalue weighted by molar-refractivity contribution is -0.422. The lowest BCUT2D eigenvalue weighted by atomic mass is 9.51. The van der Waals surface area contributed by atoms with Crippen LogP contribution in [0.2, 0.25) is 0 Å². The summed E-state index contributed by atoms with van der Waals surface area (Å²) in [6.07, 6.45) is 2.02. The molecule has 1 saturated carbocycles. The molecule has 12 N–H and O–H groups in total. The summed E-state index contributed by atoms with van der Waals surface area (Å²) < 4.78 is 11.0. The van der Waals surface area contributed by atoms with Crippen molar-refractivity contribution in [2.24, 2.45) is 11.8 Å². The zero-order valence-corrected chi connectivity index (χ0v) is 35.1. The molecule has 2 fully saturated rings. The Hall–Kier alpha value is -5.83. The van der Waals surface area contributed by atoms with Gasteiger partial charge in [0.1, 0.15) is 29.8 Å². The molecule has 18 heteroatoms. The van der Waals surface area contributed by atoms with Crippen molar-refractivity contribution in [3.05, 3.63) is 113 Å².